The van der Waals surface area contributed by atoms with E-state index in [1.165, 1.54) is 11.5 Å². The van der Waals surface area contributed by atoms with Crippen molar-refractivity contribution in [1.29, 1.82) is 0 Å². The van der Waals surface area contributed by atoms with Crippen LogP contribution < -0.4 is 0 Å². The average molecular weight is 177 g/mol. The summed E-state index contributed by atoms with van der Waals surface area (Å²) in [6.45, 7) is 6.26. The first-order valence-electron chi connectivity index (χ1n) is 3.00. The molecule has 10 heavy (non-hydrogen) atoms. The van der Waals surface area contributed by atoms with Gasteiger partial charge < -0.3 is 0 Å². The van der Waals surface area contributed by atoms with Crippen LogP contribution in [-0.4, -0.2) is 9.36 Å². The molecule has 0 aromatic carbocycles. The van der Waals surface area contributed by atoms with Gasteiger partial charge in [0.2, 0.25) is 5.28 Å². The maximum Gasteiger partial charge on any atom is 0.234 e. The van der Waals surface area contributed by atoms with Gasteiger partial charge >= 0.3 is 0 Å². The Hall–Kier alpha value is -0.150. The second-order valence-electron chi connectivity index (χ2n) is 3.12. The van der Waals surface area contributed by atoms with E-state index >= 15 is 0 Å². The molecule has 0 saturated carbocycles. The van der Waals surface area contributed by atoms with Crippen molar-refractivity contribution < 1.29 is 0 Å². The number of nitrogens with zero attached hydrogens (tertiary/aromatic N) is 2. The molecule has 0 atom stereocenters. The molecule has 0 N–H and O–H groups in total. The van der Waals surface area contributed by atoms with E-state index in [2.05, 4.69) is 30.1 Å². The fourth-order valence-electron chi connectivity index (χ4n) is 0.510. The number of hydrogen-bond acceptors (Lipinski definition) is 3. The highest BCUT2D eigenvalue weighted by Gasteiger charge is 2.18. The van der Waals surface area contributed by atoms with Crippen LogP contribution >= 0.6 is 23.1 Å². The highest BCUT2D eigenvalue weighted by atomic mass is 35.5. The second-order valence-corrected chi connectivity index (χ2v) is 4.21. The summed E-state index contributed by atoms with van der Waals surface area (Å²) in [7, 11) is 0. The molecule has 0 spiro atoms. The van der Waals surface area contributed by atoms with Crippen LogP contribution in [0.25, 0.3) is 0 Å². The fraction of sp³-hybridized carbons (Fsp3) is 0.667. The Kier molecular flexibility index (Phi) is 1.97. The molecule has 0 saturated heterocycles. The van der Waals surface area contributed by atoms with Crippen LogP contribution in [0.2, 0.25) is 5.28 Å². The molecule has 0 bridgehead atoms. The van der Waals surface area contributed by atoms with Gasteiger partial charge in [-0.25, -0.2) is 4.98 Å². The zero-order valence-corrected chi connectivity index (χ0v) is 7.75. The number of halogens is 1. The third-order valence-corrected chi connectivity index (χ3v) is 2.45. The summed E-state index contributed by atoms with van der Waals surface area (Å²) in [4.78, 5) is 4.05. The lowest BCUT2D eigenvalue weighted by Gasteiger charge is -2.12. The van der Waals surface area contributed by atoms with E-state index in [1.807, 2.05) is 0 Å². The minimum atomic E-state index is 0.0742. The van der Waals surface area contributed by atoms with Crippen LogP contribution in [0.5, 0.6) is 0 Å². The normalized spacial score (nSPS) is 12.0. The van der Waals surface area contributed by atoms with Crippen LogP contribution in [0, 0.1) is 0 Å². The molecule has 0 aliphatic carbocycles. The maximum absolute atomic E-state index is 5.55. The van der Waals surface area contributed by atoms with E-state index in [0.29, 0.717) is 5.28 Å². The van der Waals surface area contributed by atoms with Gasteiger partial charge in [0, 0.05) is 5.41 Å². The zero-order chi connectivity index (χ0) is 7.78. The summed E-state index contributed by atoms with van der Waals surface area (Å²) < 4.78 is 3.88. The van der Waals surface area contributed by atoms with Crippen molar-refractivity contribution in [2.75, 3.05) is 0 Å². The smallest absolute Gasteiger partial charge is 0.209 e. The van der Waals surface area contributed by atoms with Crippen molar-refractivity contribution in [3.8, 4) is 0 Å². The summed E-state index contributed by atoms with van der Waals surface area (Å²) in [5.74, 6) is 0. The molecule has 4 heteroatoms. The zero-order valence-electron chi connectivity index (χ0n) is 6.18. The fourth-order valence-corrected chi connectivity index (χ4v) is 1.35. The van der Waals surface area contributed by atoms with Gasteiger partial charge in [0.25, 0.3) is 0 Å². The molecule has 1 aromatic rings. The topological polar surface area (TPSA) is 25.8 Å². The van der Waals surface area contributed by atoms with E-state index in [4.69, 9.17) is 11.6 Å². The molecule has 0 aliphatic heterocycles. The summed E-state index contributed by atoms with van der Waals surface area (Å²) >= 11 is 6.92. The van der Waals surface area contributed by atoms with Gasteiger partial charge in [0.15, 0.2) is 0 Å². The maximum atomic E-state index is 5.55. The quantitative estimate of drug-likeness (QED) is 0.607. The van der Waals surface area contributed by atoms with Gasteiger partial charge in [0.05, 0.1) is 0 Å². The Morgan fingerprint density at radius 3 is 2.20 bits per heavy atom. The van der Waals surface area contributed by atoms with Crippen LogP contribution in [0.15, 0.2) is 0 Å². The molecule has 1 rings (SSSR count). The van der Waals surface area contributed by atoms with Crippen molar-refractivity contribution in [3.63, 3.8) is 0 Å². The first-order chi connectivity index (χ1) is 4.50. The molecular weight excluding hydrogens is 168 g/mol. The summed E-state index contributed by atoms with van der Waals surface area (Å²) in [5, 5.41) is 1.34. The molecule has 0 unspecified atom stereocenters. The molecule has 56 valence electrons. The van der Waals surface area contributed by atoms with Crippen molar-refractivity contribution >= 4 is 23.1 Å². The minimum Gasteiger partial charge on any atom is -0.209 e. The van der Waals surface area contributed by atoms with E-state index in [0.717, 1.165) is 5.01 Å². The molecule has 0 amide bonds. The SMILES string of the molecule is CC(C)(C)c1nc(Cl)ns1. The Labute approximate surface area is 69.4 Å². The highest BCUT2D eigenvalue weighted by Crippen LogP contribution is 2.24. The predicted octanol–water partition coefficient (Wildman–Crippen LogP) is 2.49. The molecule has 0 fully saturated rings. The molecule has 0 radical (unpaired) electrons. The van der Waals surface area contributed by atoms with E-state index in [9.17, 15) is 0 Å². The van der Waals surface area contributed by atoms with E-state index in [-0.39, 0.29) is 5.41 Å². The van der Waals surface area contributed by atoms with Crippen LogP contribution in [0.3, 0.4) is 0 Å². The molecule has 1 aromatic heterocycles. The largest absolute Gasteiger partial charge is 0.234 e. The summed E-state index contributed by atoms with van der Waals surface area (Å²) in [6.07, 6.45) is 0. The van der Waals surface area contributed by atoms with Gasteiger partial charge in [0.1, 0.15) is 5.01 Å². The lowest BCUT2D eigenvalue weighted by atomic mass is 9.98. The van der Waals surface area contributed by atoms with Crippen LogP contribution in [0.1, 0.15) is 25.8 Å². The molecule has 2 nitrogen and oxygen atoms in total. The predicted molar refractivity (Wildman–Crippen MR) is 43.6 cm³/mol. The lowest BCUT2D eigenvalue weighted by molar-refractivity contribution is 0.585. The van der Waals surface area contributed by atoms with Gasteiger partial charge in [-0.15, -0.1) is 0 Å². The Bertz CT molecular complexity index is 226. The number of aromatic nitrogens is 2. The standard InChI is InChI=1S/C6H9ClN2S/c1-6(2,3)4-8-5(7)9-10-4/h1-3H3. The van der Waals surface area contributed by atoms with Crippen molar-refractivity contribution in [2.45, 2.75) is 26.2 Å². The first-order valence-corrected chi connectivity index (χ1v) is 4.15. The minimum absolute atomic E-state index is 0.0742. The van der Waals surface area contributed by atoms with Crippen molar-refractivity contribution in [1.82, 2.24) is 9.36 Å². The van der Waals surface area contributed by atoms with Gasteiger partial charge in [-0.2, -0.15) is 4.37 Å². The van der Waals surface area contributed by atoms with E-state index in [1.54, 1.807) is 0 Å². The monoisotopic (exact) mass is 176 g/mol. The number of hydrogen-bond donors (Lipinski definition) is 0. The van der Waals surface area contributed by atoms with Gasteiger partial charge in [-0.05, 0) is 23.1 Å². The van der Waals surface area contributed by atoms with Gasteiger partial charge in [-0.1, -0.05) is 20.8 Å². The van der Waals surface area contributed by atoms with Gasteiger partial charge in [-0.3, -0.25) is 0 Å². The highest BCUT2D eigenvalue weighted by molar-refractivity contribution is 7.05. The Morgan fingerprint density at radius 1 is 1.40 bits per heavy atom. The molecule has 1 heterocycles. The average Bonchev–Trinajstić information content (AvgIpc) is 2.11. The third-order valence-electron chi connectivity index (χ3n) is 1.04. The van der Waals surface area contributed by atoms with Crippen LogP contribution in [0.4, 0.5) is 0 Å². The van der Waals surface area contributed by atoms with Crippen LogP contribution in [-0.2, 0) is 5.41 Å². The number of rotatable bonds is 0. The Balaban J connectivity index is 2.96. The summed E-state index contributed by atoms with van der Waals surface area (Å²) in [5.41, 5.74) is 0.0742. The molecule has 0 aliphatic rings. The van der Waals surface area contributed by atoms with Crippen molar-refractivity contribution in [3.05, 3.63) is 10.3 Å². The van der Waals surface area contributed by atoms with E-state index < -0.39 is 0 Å². The van der Waals surface area contributed by atoms with Crippen molar-refractivity contribution in [2.24, 2.45) is 0 Å². The second kappa shape index (κ2) is 2.47. The first kappa shape index (κ1) is 7.95. The summed E-state index contributed by atoms with van der Waals surface area (Å²) in [6, 6.07) is 0. The molecular formula is C6H9ClN2S. The Morgan fingerprint density at radius 2 is 2.00 bits per heavy atom. The lowest BCUT2D eigenvalue weighted by Crippen LogP contribution is -2.09. The third kappa shape index (κ3) is 1.67.